The highest BCUT2D eigenvalue weighted by molar-refractivity contribution is 9.10. The van der Waals surface area contributed by atoms with Gasteiger partial charge in [-0.2, -0.15) is 0 Å². The van der Waals surface area contributed by atoms with E-state index in [4.69, 9.17) is 4.74 Å². The van der Waals surface area contributed by atoms with Crippen LogP contribution in [0.25, 0.3) is 0 Å². The lowest BCUT2D eigenvalue weighted by Crippen LogP contribution is -2.32. The molecule has 1 aromatic carbocycles. The van der Waals surface area contributed by atoms with Crippen LogP contribution in [-0.4, -0.2) is 13.7 Å². The van der Waals surface area contributed by atoms with Crippen molar-refractivity contribution in [3.8, 4) is 5.75 Å². The Kier molecular flexibility index (Phi) is 2.98. The van der Waals surface area contributed by atoms with Crippen LogP contribution in [0.15, 0.2) is 16.6 Å². The minimum absolute atomic E-state index is 0.153. The Morgan fingerprint density at radius 3 is 2.93 bits per heavy atom. The highest BCUT2D eigenvalue weighted by atomic mass is 79.9. The maximum atomic E-state index is 13.3. The van der Waals surface area contributed by atoms with Crippen molar-refractivity contribution in [2.24, 2.45) is 5.92 Å². The van der Waals surface area contributed by atoms with Gasteiger partial charge in [-0.15, -0.1) is 0 Å². The van der Waals surface area contributed by atoms with E-state index in [0.717, 1.165) is 11.3 Å². The van der Waals surface area contributed by atoms with E-state index >= 15 is 0 Å². The number of hydrogen-bond donors (Lipinski definition) is 1. The van der Waals surface area contributed by atoms with E-state index in [-0.39, 0.29) is 11.9 Å². The summed E-state index contributed by atoms with van der Waals surface area (Å²) in [5.41, 5.74) is 0.892. The summed E-state index contributed by atoms with van der Waals surface area (Å²) in [7, 11) is 1.88. The van der Waals surface area contributed by atoms with Gasteiger partial charge in [0.25, 0.3) is 0 Å². The zero-order valence-corrected chi connectivity index (χ0v) is 10.3. The van der Waals surface area contributed by atoms with Crippen molar-refractivity contribution >= 4 is 15.9 Å². The van der Waals surface area contributed by atoms with Gasteiger partial charge < -0.3 is 10.1 Å². The number of halogens is 2. The molecule has 15 heavy (non-hydrogen) atoms. The fourth-order valence-corrected chi connectivity index (χ4v) is 2.58. The molecule has 1 heterocycles. The van der Waals surface area contributed by atoms with E-state index < -0.39 is 0 Å². The van der Waals surface area contributed by atoms with Gasteiger partial charge in [-0.25, -0.2) is 4.39 Å². The molecular weight excluding hydrogens is 261 g/mol. The monoisotopic (exact) mass is 273 g/mol. The van der Waals surface area contributed by atoms with E-state index in [1.165, 1.54) is 12.1 Å². The van der Waals surface area contributed by atoms with Crippen LogP contribution in [-0.2, 0) is 0 Å². The Hall–Kier alpha value is -0.610. The second kappa shape index (κ2) is 4.10. The highest BCUT2D eigenvalue weighted by Gasteiger charge is 2.28. The van der Waals surface area contributed by atoms with Crippen LogP contribution in [0.3, 0.4) is 0 Å². The van der Waals surface area contributed by atoms with Gasteiger partial charge in [0.15, 0.2) is 0 Å². The molecule has 4 heteroatoms. The van der Waals surface area contributed by atoms with Gasteiger partial charge >= 0.3 is 0 Å². The maximum absolute atomic E-state index is 13.3. The van der Waals surface area contributed by atoms with Crippen molar-refractivity contribution < 1.29 is 9.13 Å². The first kappa shape index (κ1) is 10.9. The van der Waals surface area contributed by atoms with Crippen molar-refractivity contribution in [1.29, 1.82) is 0 Å². The maximum Gasteiger partial charge on any atom is 0.138 e. The van der Waals surface area contributed by atoms with Gasteiger partial charge in [-0.3, -0.25) is 0 Å². The SMILES string of the molecule is CNC1c2cc(F)cc(Br)c2OCC1C. The lowest BCUT2D eigenvalue weighted by molar-refractivity contribution is 0.191. The Balaban J connectivity index is 2.52. The van der Waals surface area contributed by atoms with Gasteiger partial charge in [0.1, 0.15) is 11.6 Å². The van der Waals surface area contributed by atoms with Crippen LogP contribution >= 0.6 is 15.9 Å². The molecule has 0 fully saturated rings. The van der Waals surface area contributed by atoms with Crippen LogP contribution in [0.4, 0.5) is 4.39 Å². The second-order valence-corrected chi connectivity index (χ2v) is 4.71. The van der Waals surface area contributed by atoms with Gasteiger partial charge in [-0.05, 0) is 35.1 Å². The molecule has 0 amide bonds. The summed E-state index contributed by atoms with van der Waals surface area (Å²) < 4.78 is 19.6. The summed E-state index contributed by atoms with van der Waals surface area (Å²) in [5.74, 6) is 0.864. The van der Waals surface area contributed by atoms with E-state index in [2.05, 4.69) is 28.2 Å². The molecule has 1 aliphatic heterocycles. The lowest BCUT2D eigenvalue weighted by atomic mass is 9.92. The third-order valence-electron chi connectivity index (χ3n) is 2.74. The zero-order chi connectivity index (χ0) is 11.0. The summed E-state index contributed by atoms with van der Waals surface area (Å²) in [4.78, 5) is 0. The Morgan fingerprint density at radius 1 is 1.53 bits per heavy atom. The molecule has 0 aliphatic carbocycles. The molecule has 2 unspecified atom stereocenters. The van der Waals surface area contributed by atoms with Crippen molar-refractivity contribution in [1.82, 2.24) is 5.32 Å². The van der Waals surface area contributed by atoms with Crippen molar-refractivity contribution in [2.75, 3.05) is 13.7 Å². The third kappa shape index (κ3) is 1.88. The molecule has 0 radical (unpaired) electrons. The standard InChI is InChI=1S/C11H13BrFNO/c1-6-5-15-11-8(10(6)14-2)3-7(13)4-9(11)12/h3-4,6,10,14H,5H2,1-2H3. The number of rotatable bonds is 1. The summed E-state index contributed by atoms with van der Waals surface area (Å²) >= 11 is 3.32. The molecule has 0 bridgehead atoms. The van der Waals surface area contributed by atoms with E-state index in [0.29, 0.717) is 17.0 Å². The molecule has 0 saturated heterocycles. The average Bonchev–Trinajstić information content (AvgIpc) is 2.17. The quantitative estimate of drug-likeness (QED) is 0.850. The normalized spacial score (nSPS) is 24.5. The topological polar surface area (TPSA) is 21.3 Å². The zero-order valence-electron chi connectivity index (χ0n) is 8.68. The molecule has 1 N–H and O–H groups in total. The van der Waals surface area contributed by atoms with Gasteiger partial charge in [-0.1, -0.05) is 6.92 Å². The number of benzene rings is 1. The number of fused-ring (bicyclic) bond motifs is 1. The van der Waals surface area contributed by atoms with Crippen molar-refractivity contribution in [3.63, 3.8) is 0 Å². The summed E-state index contributed by atoms with van der Waals surface area (Å²) in [6.07, 6.45) is 0. The van der Waals surface area contributed by atoms with Crippen LogP contribution in [0.2, 0.25) is 0 Å². The predicted molar refractivity (Wildman–Crippen MR) is 60.6 cm³/mol. The van der Waals surface area contributed by atoms with Crippen LogP contribution < -0.4 is 10.1 Å². The van der Waals surface area contributed by atoms with Gasteiger partial charge in [0, 0.05) is 17.5 Å². The first-order valence-electron chi connectivity index (χ1n) is 4.92. The fourth-order valence-electron chi connectivity index (χ4n) is 2.02. The Morgan fingerprint density at radius 2 is 2.27 bits per heavy atom. The molecular formula is C11H13BrFNO. The largest absolute Gasteiger partial charge is 0.492 e. The first-order valence-corrected chi connectivity index (χ1v) is 5.71. The number of nitrogens with one attached hydrogen (secondary N) is 1. The molecule has 0 saturated carbocycles. The molecule has 1 aliphatic rings. The number of ether oxygens (including phenoxy) is 1. The van der Waals surface area contributed by atoms with E-state index in [1.807, 2.05) is 7.05 Å². The first-order chi connectivity index (χ1) is 7.13. The molecule has 82 valence electrons. The second-order valence-electron chi connectivity index (χ2n) is 3.86. The molecule has 0 aromatic heterocycles. The van der Waals surface area contributed by atoms with Crippen molar-refractivity contribution in [2.45, 2.75) is 13.0 Å². The summed E-state index contributed by atoms with van der Waals surface area (Å²) in [5, 5.41) is 3.20. The lowest BCUT2D eigenvalue weighted by Gasteiger charge is -2.31. The van der Waals surface area contributed by atoms with Gasteiger partial charge in [0.2, 0.25) is 0 Å². The third-order valence-corrected chi connectivity index (χ3v) is 3.33. The van der Waals surface area contributed by atoms with E-state index in [1.54, 1.807) is 0 Å². The van der Waals surface area contributed by atoms with Crippen LogP contribution in [0.5, 0.6) is 5.75 Å². The Labute approximate surface area is 96.9 Å². The van der Waals surface area contributed by atoms with E-state index in [9.17, 15) is 4.39 Å². The van der Waals surface area contributed by atoms with Crippen molar-refractivity contribution in [3.05, 3.63) is 28.0 Å². The minimum atomic E-state index is -0.237. The van der Waals surface area contributed by atoms with Gasteiger partial charge in [0.05, 0.1) is 11.1 Å². The predicted octanol–water partition coefficient (Wildman–Crippen LogP) is 2.88. The van der Waals surface area contributed by atoms with Crippen LogP contribution in [0, 0.1) is 11.7 Å². The number of hydrogen-bond acceptors (Lipinski definition) is 2. The van der Waals surface area contributed by atoms with Crippen LogP contribution in [0.1, 0.15) is 18.5 Å². The average molecular weight is 274 g/mol. The summed E-state index contributed by atoms with van der Waals surface area (Å²) in [6, 6.07) is 3.12. The summed E-state index contributed by atoms with van der Waals surface area (Å²) in [6.45, 7) is 2.74. The molecule has 2 rings (SSSR count). The highest BCUT2D eigenvalue weighted by Crippen LogP contribution is 2.40. The molecule has 2 nitrogen and oxygen atoms in total. The molecule has 2 atom stereocenters. The fraction of sp³-hybridized carbons (Fsp3) is 0.455. The Bertz CT molecular complexity index is 383. The molecule has 0 spiro atoms. The minimum Gasteiger partial charge on any atom is -0.492 e. The smallest absolute Gasteiger partial charge is 0.138 e. The molecule has 1 aromatic rings.